The number of carbonyl (C=O) groups is 2. The fraction of sp³-hybridized carbons (Fsp3) is 0.310. The van der Waals surface area contributed by atoms with Gasteiger partial charge in [0, 0.05) is 23.9 Å². The normalized spacial score (nSPS) is 11.8. The second kappa shape index (κ2) is 12.2. The molecule has 1 atom stereocenters. The number of anilines is 1. The number of nitrogens with one attached hydrogen (secondary N) is 1. The Morgan fingerprint density at radius 2 is 1.71 bits per heavy atom. The number of nitrogens with zero attached hydrogens (tertiary/aromatic N) is 4. The number of carbonyl (C=O) groups excluding carboxylic acids is 2. The molecular formula is C29H33N5O4. The lowest BCUT2D eigenvalue weighted by Crippen LogP contribution is -2.45. The summed E-state index contributed by atoms with van der Waals surface area (Å²) < 4.78 is 12.6. The van der Waals surface area contributed by atoms with E-state index in [9.17, 15) is 9.59 Å². The Kier molecular flexibility index (Phi) is 8.58. The van der Waals surface area contributed by atoms with Gasteiger partial charge in [-0.25, -0.2) is 4.68 Å². The number of para-hydroxylation sites is 2. The number of amides is 2. The molecule has 2 amide bonds. The molecule has 1 N–H and O–H groups in total. The predicted molar refractivity (Wildman–Crippen MR) is 146 cm³/mol. The summed E-state index contributed by atoms with van der Waals surface area (Å²) in [6.07, 6.45) is 0.808. The van der Waals surface area contributed by atoms with Gasteiger partial charge < -0.3 is 14.8 Å². The van der Waals surface area contributed by atoms with Gasteiger partial charge in [0.1, 0.15) is 29.6 Å². The molecule has 4 aromatic rings. The molecule has 0 unspecified atom stereocenters. The molecule has 1 heterocycles. The van der Waals surface area contributed by atoms with E-state index in [0.717, 1.165) is 11.9 Å². The molecule has 0 aliphatic rings. The number of hydrogen-bond donors (Lipinski definition) is 1. The van der Waals surface area contributed by atoms with Gasteiger partial charge in [0.25, 0.3) is 0 Å². The monoisotopic (exact) mass is 515 g/mol. The van der Waals surface area contributed by atoms with Crippen LogP contribution >= 0.6 is 0 Å². The Balaban J connectivity index is 1.80. The van der Waals surface area contributed by atoms with Gasteiger partial charge in [-0.2, -0.15) is 0 Å². The van der Waals surface area contributed by atoms with E-state index >= 15 is 0 Å². The minimum Gasteiger partial charge on any atom is -0.497 e. The maximum atomic E-state index is 14.1. The quantitative estimate of drug-likeness (QED) is 0.318. The van der Waals surface area contributed by atoms with Gasteiger partial charge in [0.05, 0.1) is 19.7 Å². The third-order valence-corrected chi connectivity index (χ3v) is 6.27. The summed E-state index contributed by atoms with van der Waals surface area (Å²) in [5.74, 6) is 0.796. The molecule has 0 saturated heterocycles. The van der Waals surface area contributed by atoms with Crippen molar-refractivity contribution < 1.29 is 19.1 Å². The van der Waals surface area contributed by atoms with Crippen LogP contribution in [0.15, 0.2) is 72.8 Å². The summed E-state index contributed by atoms with van der Waals surface area (Å²) in [4.78, 5) is 29.4. The molecule has 198 valence electrons. The average Bonchev–Trinajstić information content (AvgIpc) is 3.34. The number of hydrogen-bond acceptors (Lipinski definition) is 6. The molecule has 9 heteroatoms. The van der Waals surface area contributed by atoms with Crippen LogP contribution in [0.3, 0.4) is 0 Å². The van der Waals surface area contributed by atoms with E-state index in [-0.39, 0.29) is 18.4 Å². The maximum Gasteiger partial charge on any atom is 0.249 e. The average molecular weight is 516 g/mol. The largest absolute Gasteiger partial charge is 0.497 e. The number of ether oxygens (including phenoxy) is 2. The van der Waals surface area contributed by atoms with E-state index in [1.807, 2.05) is 54.6 Å². The molecule has 4 rings (SSSR count). The number of rotatable bonds is 11. The lowest BCUT2D eigenvalue weighted by molar-refractivity contribution is -0.127. The van der Waals surface area contributed by atoms with Crippen LogP contribution in [0.1, 0.15) is 31.9 Å². The van der Waals surface area contributed by atoms with Crippen LogP contribution in [0.5, 0.6) is 11.5 Å². The third kappa shape index (κ3) is 5.94. The van der Waals surface area contributed by atoms with E-state index in [0.29, 0.717) is 40.7 Å². The summed E-state index contributed by atoms with van der Waals surface area (Å²) in [6, 6.07) is 20.8. The van der Waals surface area contributed by atoms with Crippen LogP contribution in [0.2, 0.25) is 0 Å². The summed E-state index contributed by atoms with van der Waals surface area (Å²) in [6.45, 7) is 4.57. The fourth-order valence-electron chi connectivity index (χ4n) is 4.29. The number of benzene rings is 3. The molecule has 0 saturated carbocycles. The highest BCUT2D eigenvalue weighted by Gasteiger charge is 2.35. The summed E-state index contributed by atoms with van der Waals surface area (Å²) in [7, 11) is 3.09. The summed E-state index contributed by atoms with van der Waals surface area (Å²) in [5.41, 5.74) is 2.53. The van der Waals surface area contributed by atoms with Crippen LogP contribution in [-0.2, 0) is 16.1 Å². The number of methoxy groups -OCH3 is 2. The van der Waals surface area contributed by atoms with Crippen molar-refractivity contribution in [2.45, 2.75) is 32.9 Å². The summed E-state index contributed by atoms with van der Waals surface area (Å²) in [5, 5.41) is 11.4. The van der Waals surface area contributed by atoms with Crippen molar-refractivity contribution in [2.75, 3.05) is 25.7 Å². The van der Waals surface area contributed by atoms with Gasteiger partial charge in [-0.3, -0.25) is 14.5 Å². The molecule has 0 fully saturated rings. The molecule has 0 bridgehead atoms. The van der Waals surface area contributed by atoms with E-state index in [4.69, 9.17) is 9.47 Å². The highest BCUT2D eigenvalue weighted by molar-refractivity contribution is 6.02. The Bertz CT molecular complexity index is 1390. The Morgan fingerprint density at radius 1 is 0.974 bits per heavy atom. The van der Waals surface area contributed by atoms with E-state index < -0.39 is 6.04 Å². The Labute approximate surface area is 222 Å². The second-order valence-electron chi connectivity index (χ2n) is 9.32. The molecule has 0 aliphatic heterocycles. The Morgan fingerprint density at radius 3 is 2.42 bits per heavy atom. The first kappa shape index (κ1) is 26.7. The van der Waals surface area contributed by atoms with Gasteiger partial charge in [-0.1, -0.05) is 49.4 Å². The lowest BCUT2D eigenvalue weighted by atomic mass is 10.0. The van der Waals surface area contributed by atoms with Crippen molar-refractivity contribution in [3.05, 3.63) is 78.4 Å². The molecule has 0 radical (unpaired) electrons. The van der Waals surface area contributed by atoms with Crippen molar-refractivity contribution >= 4 is 28.5 Å². The van der Waals surface area contributed by atoms with Crippen molar-refractivity contribution in [3.8, 4) is 11.5 Å². The number of fused-ring (bicyclic) bond motifs is 1. The zero-order valence-electron chi connectivity index (χ0n) is 22.1. The minimum atomic E-state index is -1.01. The van der Waals surface area contributed by atoms with Crippen LogP contribution in [-0.4, -0.2) is 47.6 Å². The first-order valence-corrected chi connectivity index (χ1v) is 12.6. The topological polar surface area (TPSA) is 98.6 Å². The SMILES string of the molecule is COc1ccc([C@@H](C(=O)NCCC(C)C)N(C(=O)Cn2nnc3ccccc32)c2ccccc2)c(OC)c1. The molecule has 0 spiro atoms. The molecular weight excluding hydrogens is 482 g/mol. The fourth-order valence-corrected chi connectivity index (χ4v) is 4.29. The zero-order chi connectivity index (χ0) is 27.1. The third-order valence-electron chi connectivity index (χ3n) is 6.27. The van der Waals surface area contributed by atoms with Crippen molar-refractivity contribution in [1.29, 1.82) is 0 Å². The highest BCUT2D eigenvalue weighted by atomic mass is 16.5. The van der Waals surface area contributed by atoms with E-state index in [1.165, 1.54) is 12.0 Å². The molecule has 0 aliphatic carbocycles. The standard InChI is InChI=1S/C29H33N5O4/c1-20(2)16-17-30-29(36)28(23-15-14-22(37-3)18-26(23)38-4)34(21-10-6-5-7-11-21)27(35)19-33-25-13-9-8-12-24(25)31-32-33/h5-15,18,20,28H,16-17,19H2,1-4H3,(H,30,36)/t28-/m0/s1. The number of aromatic nitrogens is 3. The molecule has 3 aromatic carbocycles. The second-order valence-corrected chi connectivity index (χ2v) is 9.32. The first-order chi connectivity index (χ1) is 18.4. The van der Waals surface area contributed by atoms with Gasteiger partial charge in [0.2, 0.25) is 11.8 Å². The molecule has 38 heavy (non-hydrogen) atoms. The molecule has 9 nitrogen and oxygen atoms in total. The van der Waals surface area contributed by atoms with E-state index in [1.54, 1.807) is 30.0 Å². The van der Waals surface area contributed by atoms with Crippen molar-refractivity contribution in [2.24, 2.45) is 5.92 Å². The summed E-state index contributed by atoms with van der Waals surface area (Å²) >= 11 is 0. The van der Waals surface area contributed by atoms with E-state index in [2.05, 4.69) is 29.5 Å². The lowest BCUT2D eigenvalue weighted by Gasteiger charge is -2.32. The van der Waals surface area contributed by atoms with Crippen molar-refractivity contribution in [3.63, 3.8) is 0 Å². The van der Waals surface area contributed by atoms with Gasteiger partial charge in [-0.05, 0) is 48.7 Å². The van der Waals surface area contributed by atoms with Crippen LogP contribution < -0.4 is 19.7 Å². The van der Waals surface area contributed by atoms with Gasteiger partial charge in [0.15, 0.2) is 0 Å². The minimum absolute atomic E-state index is 0.107. The van der Waals surface area contributed by atoms with Gasteiger partial charge in [-0.15, -0.1) is 5.10 Å². The van der Waals surface area contributed by atoms with Crippen LogP contribution in [0.25, 0.3) is 11.0 Å². The smallest absolute Gasteiger partial charge is 0.249 e. The van der Waals surface area contributed by atoms with Crippen LogP contribution in [0, 0.1) is 5.92 Å². The highest BCUT2D eigenvalue weighted by Crippen LogP contribution is 2.36. The zero-order valence-corrected chi connectivity index (χ0v) is 22.1. The van der Waals surface area contributed by atoms with Gasteiger partial charge >= 0.3 is 0 Å². The van der Waals surface area contributed by atoms with Crippen molar-refractivity contribution in [1.82, 2.24) is 20.3 Å². The first-order valence-electron chi connectivity index (χ1n) is 12.6. The predicted octanol–water partition coefficient (Wildman–Crippen LogP) is 4.39. The molecule has 1 aromatic heterocycles. The maximum absolute atomic E-state index is 14.1. The van der Waals surface area contributed by atoms with Crippen LogP contribution in [0.4, 0.5) is 5.69 Å². The Hall–Kier alpha value is -4.40.